The van der Waals surface area contributed by atoms with Crippen LogP contribution in [0.3, 0.4) is 0 Å². The lowest BCUT2D eigenvalue weighted by Crippen LogP contribution is -1.88. The van der Waals surface area contributed by atoms with Crippen LogP contribution in [0.1, 0.15) is 11.1 Å². The lowest BCUT2D eigenvalue weighted by molar-refractivity contribution is 0.386. The molecule has 0 fully saturated rings. The van der Waals surface area contributed by atoms with Crippen molar-refractivity contribution in [2.75, 3.05) is 7.11 Å². The summed E-state index contributed by atoms with van der Waals surface area (Å²) in [5.74, 6) is -0.164. The van der Waals surface area contributed by atoms with E-state index in [4.69, 9.17) is 9.72 Å². The van der Waals surface area contributed by atoms with Gasteiger partial charge in [-0.25, -0.2) is 14.4 Å². The molecular formula is C21H17FN2OS2. The first-order valence-electron chi connectivity index (χ1n) is 8.38. The Hall–Kier alpha value is -2.57. The number of thiazole rings is 2. The number of hydrogen-bond acceptors (Lipinski definition) is 5. The first kappa shape index (κ1) is 17.8. The maximum absolute atomic E-state index is 14.0. The standard InChI is InChI=1S/C21H17FN2OS2/c1-12-4-6-15(13(2)8-12)18-11-27-21(24-18)20-23-17(10-26-20)14-5-7-19(25-3)16(22)9-14/h4-11H,1-3H3. The minimum atomic E-state index is -0.393. The molecule has 0 atom stereocenters. The number of rotatable bonds is 4. The molecule has 0 amide bonds. The van der Waals surface area contributed by atoms with Crippen molar-refractivity contribution in [3.8, 4) is 38.3 Å². The fourth-order valence-electron chi connectivity index (χ4n) is 2.93. The SMILES string of the molecule is COc1ccc(-c2csc(-c3nc(-c4ccc(C)cc4C)cs3)n2)cc1F. The van der Waals surface area contributed by atoms with Gasteiger partial charge in [-0.2, -0.15) is 0 Å². The van der Waals surface area contributed by atoms with E-state index in [0.29, 0.717) is 0 Å². The Bertz CT molecular complexity index is 1120. The lowest BCUT2D eigenvalue weighted by atomic mass is 10.0. The van der Waals surface area contributed by atoms with Crippen LogP contribution < -0.4 is 4.74 Å². The molecule has 0 bridgehead atoms. The summed E-state index contributed by atoms with van der Waals surface area (Å²) in [5, 5.41) is 5.69. The predicted molar refractivity (Wildman–Crippen MR) is 110 cm³/mol. The van der Waals surface area contributed by atoms with Crippen LogP contribution in [0.4, 0.5) is 4.39 Å². The van der Waals surface area contributed by atoms with Crippen molar-refractivity contribution in [2.45, 2.75) is 13.8 Å². The zero-order valence-electron chi connectivity index (χ0n) is 15.1. The fourth-order valence-corrected chi connectivity index (χ4v) is 4.63. The van der Waals surface area contributed by atoms with Crippen molar-refractivity contribution in [3.63, 3.8) is 0 Å². The highest BCUT2D eigenvalue weighted by Gasteiger charge is 2.14. The van der Waals surface area contributed by atoms with Gasteiger partial charge in [0.05, 0.1) is 18.5 Å². The largest absolute Gasteiger partial charge is 0.494 e. The topological polar surface area (TPSA) is 35.0 Å². The molecule has 0 radical (unpaired) electrons. The van der Waals surface area contributed by atoms with Crippen LogP contribution in [0.2, 0.25) is 0 Å². The van der Waals surface area contributed by atoms with E-state index >= 15 is 0 Å². The van der Waals surface area contributed by atoms with Gasteiger partial charge in [-0.3, -0.25) is 0 Å². The molecule has 0 aliphatic rings. The average molecular weight is 397 g/mol. The van der Waals surface area contributed by atoms with Crippen molar-refractivity contribution in [1.29, 1.82) is 0 Å². The molecular weight excluding hydrogens is 379 g/mol. The molecule has 0 saturated carbocycles. The molecule has 2 heterocycles. The summed E-state index contributed by atoms with van der Waals surface area (Å²) in [7, 11) is 1.45. The molecule has 0 aliphatic heterocycles. The minimum Gasteiger partial charge on any atom is -0.494 e. The molecule has 27 heavy (non-hydrogen) atoms. The average Bonchev–Trinajstić information content (AvgIpc) is 3.31. The van der Waals surface area contributed by atoms with Crippen LogP contribution in [0.5, 0.6) is 5.75 Å². The molecule has 0 saturated heterocycles. The van der Waals surface area contributed by atoms with Gasteiger partial charge in [-0.1, -0.05) is 23.8 Å². The summed E-state index contributed by atoms with van der Waals surface area (Å²) >= 11 is 3.08. The first-order valence-corrected chi connectivity index (χ1v) is 10.1. The maximum atomic E-state index is 14.0. The van der Waals surface area contributed by atoms with Crippen molar-refractivity contribution >= 4 is 22.7 Å². The summed E-state index contributed by atoms with van der Waals surface area (Å²) in [6, 6.07) is 11.2. The van der Waals surface area contributed by atoms with E-state index in [1.54, 1.807) is 17.4 Å². The number of benzene rings is 2. The second-order valence-electron chi connectivity index (χ2n) is 6.24. The van der Waals surface area contributed by atoms with E-state index in [2.05, 4.69) is 42.4 Å². The fraction of sp³-hybridized carbons (Fsp3) is 0.143. The first-order chi connectivity index (χ1) is 13.0. The van der Waals surface area contributed by atoms with Crippen molar-refractivity contribution in [3.05, 3.63) is 64.1 Å². The van der Waals surface area contributed by atoms with Crippen LogP contribution in [0, 0.1) is 19.7 Å². The Morgan fingerprint density at radius 2 is 1.59 bits per heavy atom. The molecule has 3 nitrogen and oxygen atoms in total. The van der Waals surface area contributed by atoms with Gasteiger partial charge < -0.3 is 4.74 Å². The monoisotopic (exact) mass is 396 g/mol. The second-order valence-corrected chi connectivity index (χ2v) is 7.96. The van der Waals surface area contributed by atoms with Crippen molar-refractivity contribution < 1.29 is 9.13 Å². The number of hydrogen-bond donors (Lipinski definition) is 0. The molecule has 0 aliphatic carbocycles. The molecule has 2 aromatic carbocycles. The number of methoxy groups -OCH3 is 1. The summed E-state index contributed by atoms with van der Waals surface area (Å²) in [6.07, 6.45) is 0. The Labute approximate surface area is 165 Å². The van der Waals surface area contributed by atoms with E-state index in [0.717, 1.165) is 32.5 Å². The highest BCUT2D eigenvalue weighted by Crippen LogP contribution is 2.35. The third-order valence-electron chi connectivity index (χ3n) is 4.30. The van der Waals surface area contributed by atoms with Gasteiger partial charge in [0, 0.05) is 21.9 Å². The maximum Gasteiger partial charge on any atom is 0.165 e. The van der Waals surface area contributed by atoms with Crippen LogP contribution in [0.15, 0.2) is 47.2 Å². The molecule has 136 valence electrons. The predicted octanol–water partition coefficient (Wildman–Crippen LogP) is 6.37. The van der Waals surface area contributed by atoms with Gasteiger partial charge in [0.1, 0.15) is 0 Å². The van der Waals surface area contributed by atoms with Gasteiger partial charge >= 0.3 is 0 Å². The highest BCUT2D eigenvalue weighted by molar-refractivity contribution is 7.20. The summed E-state index contributed by atoms with van der Waals surface area (Å²) in [5.41, 5.74) is 6.00. The zero-order valence-corrected chi connectivity index (χ0v) is 16.7. The number of halogens is 1. The number of nitrogens with zero attached hydrogens (tertiary/aromatic N) is 2. The van der Waals surface area contributed by atoms with Gasteiger partial charge in [0.15, 0.2) is 21.6 Å². The van der Waals surface area contributed by atoms with Crippen LogP contribution in [-0.4, -0.2) is 17.1 Å². The van der Waals surface area contributed by atoms with Gasteiger partial charge in [-0.05, 0) is 37.6 Å². The normalized spacial score (nSPS) is 11.0. The smallest absolute Gasteiger partial charge is 0.165 e. The van der Waals surface area contributed by atoms with Crippen LogP contribution in [-0.2, 0) is 0 Å². The van der Waals surface area contributed by atoms with Crippen molar-refractivity contribution in [2.24, 2.45) is 0 Å². The summed E-state index contributed by atoms with van der Waals surface area (Å²) < 4.78 is 18.9. The number of ether oxygens (including phenoxy) is 1. The molecule has 4 aromatic rings. The van der Waals surface area contributed by atoms with E-state index < -0.39 is 5.82 Å². The van der Waals surface area contributed by atoms with Gasteiger partial charge in [0.25, 0.3) is 0 Å². The van der Waals surface area contributed by atoms with E-state index in [1.807, 2.05) is 11.4 Å². The Morgan fingerprint density at radius 3 is 2.26 bits per heavy atom. The third-order valence-corrected chi connectivity index (χ3v) is 6.12. The number of aromatic nitrogens is 2. The summed E-state index contributed by atoms with van der Waals surface area (Å²) in [6.45, 7) is 4.18. The van der Waals surface area contributed by atoms with Gasteiger partial charge in [-0.15, -0.1) is 22.7 Å². The van der Waals surface area contributed by atoms with E-state index in [-0.39, 0.29) is 5.75 Å². The van der Waals surface area contributed by atoms with E-state index in [9.17, 15) is 4.39 Å². The molecule has 0 unspecified atom stereocenters. The quantitative estimate of drug-likeness (QED) is 0.402. The second kappa shape index (κ2) is 7.21. The minimum absolute atomic E-state index is 0.229. The molecule has 0 spiro atoms. The van der Waals surface area contributed by atoms with Gasteiger partial charge in [0.2, 0.25) is 0 Å². The van der Waals surface area contributed by atoms with Crippen LogP contribution >= 0.6 is 22.7 Å². The zero-order chi connectivity index (χ0) is 19.0. The molecule has 2 aromatic heterocycles. The highest BCUT2D eigenvalue weighted by atomic mass is 32.1. The molecule has 0 N–H and O–H groups in total. The summed E-state index contributed by atoms with van der Waals surface area (Å²) in [4.78, 5) is 9.42. The Morgan fingerprint density at radius 1 is 0.889 bits per heavy atom. The Kier molecular flexibility index (Phi) is 4.76. The van der Waals surface area contributed by atoms with Crippen LogP contribution in [0.25, 0.3) is 32.5 Å². The van der Waals surface area contributed by atoms with Crippen molar-refractivity contribution in [1.82, 2.24) is 9.97 Å². The Balaban J connectivity index is 1.64. The molecule has 4 rings (SSSR count). The number of aryl methyl sites for hydroxylation is 2. The molecule has 6 heteroatoms. The lowest BCUT2D eigenvalue weighted by Gasteiger charge is -2.03. The third kappa shape index (κ3) is 3.50. The van der Waals surface area contributed by atoms with E-state index in [1.165, 1.54) is 35.6 Å².